The second kappa shape index (κ2) is 7.98. The van der Waals surface area contributed by atoms with Crippen LogP contribution in [0.3, 0.4) is 0 Å². The molecule has 3 N–H and O–H groups in total. The van der Waals surface area contributed by atoms with E-state index in [2.05, 4.69) is 15.4 Å². The summed E-state index contributed by atoms with van der Waals surface area (Å²) >= 11 is 6.09. The number of carbonyl (C=O) groups excluding carboxylic acids is 1. The summed E-state index contributed by atoms with van der Waals surface area (Å²) in [6.07, 6.45) is 0.0759. The zero-order valence-corrected chi connectivity index (χ0v) is 14.7. The lowest BCUT2D eigenvalue weighted by Gasteiger charge is -2.13. The van der Waals surface area contributed by atoms with Crippen molar-refractivity contribution in [2.45, 2.75) is 6.10 Å². The van der Waals surface area contributed by atoms with Crippen molar-refractivity contribution in [1.82, 2.24) is 20.1 Å². The largest absolute Gasteiger partial charge is 0.387 e. The lowest BCUT2D eigenvalue weighted by molar-refractivity contribution is 0.0916. The van der Waals surface area contributed by atoms with Gasteiger partial charge in [0.1, 0.15) is 6.20 Å². The summed E-state index contributed by atoms with van der Waals surface area (Å²) in [6, 6.07) is 13.2. The van der Waals surface area contributed by atoms with E-state index in [9.17, 15) is 19.5 Å². The number of hydrogen-bond donors (Lipinski definition) is 3. The Kier molecular flexibility index (Phi) is 5.49. The molecule has 9 heteroatoms. The van der Waals surface area contributed by atoms with E-state index in [-0.39, 0.29) is 22.8 Å². The number of nitrogens with zero attached hydrogens (tertiary/aromatic N) is 2. The molecule has 0 saturated carbocycles. The Morgan fingerprint density at radius 2 is 1.96 bits per heavy atom. The molecule has 2 aromatic carbocycles. The van der Waals surface area contributed by atoms with E-state index in [4.69, 9.17) is 11.6 Å². The molecule has 1 atom stereocenters. The summed E-state index contributed by atoms with van der Waals surface area (Å²) in [5.41, 5.74) is -0.334. The average Bonchev–Trinajstić information content (AvgIpc) is 2.67. The summed E-state index contributed by atoms with van der Waals surface area (Å²) in [5, 5.41) is 16.7. The van der Waals surface area contributed by atoms with Gasteiger partial charge in [-0.15, -0.1) is 0 Å². The number of carbonyl (C=O) groups is 1. The molecule has 0 aliphatic heterocycles. The number of H-pyrrole nitrogens is 1. The first kappa shape index (κ1) is 18.6. The highest BCUT2D eigenvalue weighted by atomic mass is 35.5. The third-order valence-electron chi connectivity index (χ3n) is 3.79. The minimum Gasteiger partial charge on any atom is -0.387 e. The van der Waals surface area contributed by atoms with Crippen molar-refractivity contribution in [2.75, 3.05) is 6.54 Å². The van der Waals surface area contributed by atoms with Gasteiger partial charge in [-0.1, -0.05) is 41.9 Å². The SMILES string of the molecule is O=C(NCC(O)c1ccccc1)c1cc(-n2ncc(=O)[nH]c2=O)ccc1Cl. The maximum atomic E-state index is 12.5. The molecular weight excluding hydrogens is 372 g/mol. The number of amides is 1. The van der Waals surface area contributed by atoms with E-state index in [0.717, 1.165) is 10.9 Å². The van der Waals surface area contributed by atoms with Crippen molar-refractivity contribution < 1.29 is 9.90 Å². The molecule has 8 nitrogen and oxygen atoms in total. The first-order valence-corrected chi connectivity index (χ1v) is 8.33. The number of aromatic nitrogens is 3. The maximum Gasteiger partial charge on any atom is 0.349 e. The van der Waals surface area contributed by atoms with Crippen LogP contribution in [-0.4, -0.2) is 32.3 Å². The van der Waals surface area contributed by atoms with Gasteiger partial charge in [0.25, 0.3) is 11.5 Å². The normalized spacial score (nSPS) is 11.8. The molecule has 1 unspecified atom stereocenters. The maximum absolute atomic E-state index is 12.5. The number of hydrogen-bond acceptors (Lipinski definition) is 5. The monoisotopic (exact) mass is 386 g/mol. The molecule has 0 aliphatic carbocycles. The van der Waals surface area contributed by atoms with Gasteiger partial charge >= 0.3 is 5.69 Å². The molecule has 0 saturated heterocycles. The van der Waals surface area contributed by atoms with Gasteiger partial charge < -0.3 is 10.4 Å². The summed E-state index contributed by atoms with van der Waals surface area (Å²) in [7, 11) is 0. The fourth-order valence-corrected chi connectivity index (χ4v) is 2.64. The third-order valence-corrected chi connectivity index (χ3v) is 4.12. The number of nitrogens with one attached hydrogen (secondary N) is 2. The van der Waals surface area contributed by atoms with Crippen LogP contribution in [-0.2, 0) is 0 Å². The van der Waals surface area contributed by atoms with Gasteiger partial charge in [-0.05, 0) is 23.8 Å². The Balaban J connectivity index is 1.80. The highest BCUT2D eigenvalue weighted by Gasteiger charge is 2.15. The molecular formula is C18H15ClN4O4. The van der Waals surface area contributed by atoms with E-state index in [1.807, 2.05) is 6.07 Å². The molecule has 1 aromatic heterocycles. The fourth-order valence-electron chi connectivity index (χ4n) is 2.43. The molecule has 27 heavy (non-hydrogen) atoms. The molecule has 0 fully saturated rings. The van der Waals surface area contributed by atoms with Crippen LogP contribution in [0.5, 0.6) is 0 Å². The predicted molar refractivity (Wildman–Crippen MR) is 99.2 cm³/mol. The Morgan fingerprint density at radius 1 is 1.22 bits per heavy atom. The predicted octanol–water partition coefficient (Wildman–Crippen LogP) is 1.04. The summed E-state index contributed by atoms with van der Waals surface area (Å²) < 4.78 is 0.938. The number of aliphatic hydroxyl groups is 1. The van der Waals surface area contributed by atoms with Crippen molar-refractivity contribution in [3.05, 3.63) is 91.7 Å². The molecule has 1 amide bonds. The van der Waals surface area contributed by atoms with Gasteiger partial charge in [0, 0.05) is 6.54 Å². The summed E-state index contributed by atoms with van der Waals surface area (Å²) in [4.78, 5) is 37.5. The van der Waals surface area contributed by atoms with Crippen LogP contribution in [0.4, 0.5) is 0 Å². The third kappa shape index (κ3) is 4.30. The van der Waals surface area contributed by atoms with Crippen LogP contribution < -0.4 is 16.6 Å². The highest BCUT2D eigenvalue weighted by molar-refractivity contribution is 6.33. The van der Waals surface area contributed by atoms with Gasteiger partial charge in [-0.2, -0.15) is 9.78 Å². The second-order valence-corrected chi connectivity index (χ2v) is 6.06. The van der Waals surface area contributed by atoms with Crippen LogP contribution in [0.25, 0.3) is 5.69 Å². The number of benzene rings is 2. The minimum atomic E-state index is -0.874. The first-order chi connectivity index (χ1) is 13.0. The van der Waals surface area contributed by atoms with E-state index in [0.29, 0.717) is 5.56 Å². The fraction of sp³-hybridized carbons (Fsp3) is 0.111. The van der Waals surface area contributed by atoms with Gasteiger partial charge in [-0.25, -0.2) is 4.79 Å². The molecule has 3 rings (SSSR count). The molecule has 138 valence electrons. The lowest BCUT2D eigenvalue weighted by atomic mass is 10.1. The smallest absolute Gasteiger partial charge is 0.349 e. The average molecular weight is 387 g/mol. The standard InChI is InChI=1S/C18H15ClN4O4/c19-14-7-6-12(23-18(27)22-16(25)10-21-23)8-13(14)17(26)20-9-15(24)11-4-2-1-3-5-11/h1-8,10,15,24H,9H2,(H,20,26)(H,22,25,27). The molecule has 1 heterocycles. The van der Waals surface area contributed by atoms with Crippen LogP contribution in [0.1, 0.15) is 22.0 Å². The zero-order chi connectivity index (χ0) is 19.4. The van der Waals surface area contributed by atoms with Crippen molar-refractivity contribution in [2.24, 2.45) is 0 Å². The molecule has 3 aromatic rings. The topological polar surface area (TPSA) is 117 Å². The summed E-state index contributed by atoms with van der Waals surface area (Å²) in [6.45, 7) is -0.0136. The second-order valence-electron chi connectivity index (χ2n) is 5.65. The van der Waals surface area contributed by atoms with Gasteiger partial charge in [0.05, 0.1) is 22.4 Å². The van der Waals surface area contributed by atoms with Crippen LogP contribution in [0, 0.1) is 0 Å². The minimum absolute atomic E-state index is 0.0136. The Hall–Kier alpha value is -3.23. The first-order valence-electron chi connectivity index (χ1n) is 7.95. The van der Waals surface area contributed by atoms with Crippen molar-refractivity contribution in [3.8, 4) is 5.69 Å². The van der Waals surface area contributed by atoms with E-state index in [1.54, 1.807) is 24.3 Å². The molecule has 0 spiro atoms. The quantitative estimate of drug-likeness (QED) is 0.605. The van der Waals surface area contributed by atoms with Gasteiger partial charge in [0.15, 0.2) is 0 Å². The lowest BCUT2D eigenvalue weighted by Crippen LogP contribution is -2.31. The van der Waals surface area contributed by atoms with Crippen molar-refractivity contribution in [1.29, 1.82) is 0 Å². The Morgan fingerprint density at radius 3 is 2.67 bits per heavy atom. The van der Waals surface area contributed by atoms with Gasteiger partial charge in [-0.3, -0.25) is 14.6 Å². The van der Waals surface area contributed by atoms with Gasteiger partial charge in [0.2, 0.25) is 0 Å². The number of aliphatic hydroxyl groups excluding tert-OH is 1. The molecule has 0 bridgehead atoms. The van der Waals surface area contributed by atoms with Crippen LogP contribution in [0.2, 0.25) is 5.02 Å². The van der Waals surface area contributed by atoms with E-state index in [1.165, 1.54) is 18.2 Å². The summed E-state index contributed by atoms with van der Waals surface area (Å²) in [5.74, 6) is -0.519. The van der Waals surface area contributed by atoms with Crippen LogP contribution >= 0.6 is 11.6 Å². The Labute approximate surface area is 158 Å². The Bertz CT molecular complexity index is 1080. The van der Waals surface area contributed by atoms with E-state index >= 15 is 0 Å². The molecule has 0 aliphatic rings. The van der Waals surface area contributed by atoms with Crippen LogP contribution in [0.15, 0.2) is 64.3 Å². The number of aromatic amines is 1. The zero-order valence-electron chi connectivity index (χ0n) is 13.9. The van der Waals surface area contributed by atoms with Crippen molar-refractivity contribution >= 4 is 17.5 Å². The molecule has 0 radical (unpaired) electrons. The van der Waals surface area contributed by atoms with Crippen molar-refractivity contribution in [3.63, 3.8) is 0 Å². The highest BCUT2D eigenvalue weighted by Crippen LogP contribution is 2.19. The number of halogens is 1. The van der Waals surface area contributed by atoms with E-state index < -0.39 is 23.3 Å². The number of rotatable bonds is 5.